The van der Waals surface area contributed by atoms with E-state index in [1.54, 1.807) is 30.3 Å². The molecule has 0 bridgehead atoms. The summed E-state index contributed by atoms with van der Waals surface area (Å²) < 4.78 is 5.00. The molecule has 2 heterocycles. The van der Waals surface area contributed by atoms with E-state index in [1.165, 1.54) is 28.7 Å². The lowest BCUT2D eigenvalue weighted by molar-refractivity contribution is -0.147. The first-order chi connectivity index (χ1) is 14.3. The van der Waals surface area contributed by atoms with Crippen molar-refractivity contribution in [3.8, 4) is 0 Å². The normalized spacial score (nSPS) is 20.2. The maximum absolute atomic E-state index is 12.7. The van der Waals surface area contributed by atoms with Crippen LogP contribution in [-0.2, 0) is 19.1 Å². The van der Waals surface area contributed by atoms with Gasteiger partial charge in [-0.2, -0.15) is 0 Å². The highest BCUT2D eigenvalue weighted by Gasteiger charge is 2.36. The number of methoxy groups -OCH3 is 1. The summed E-state index contributed by atoms with van der Waals surface area (Å²) in [5.41, 5.74) is 1.12. The Morgan fingerprint density at radius 2 is 2.00 bits per heavy atom. The number of nitrogens with zero attached hydrogens (tertiary/aromatic N) is 2. The fraction of sp³-hybridized carbons (Fsp3) is 0.316. The lowest BCUT2D eigenvalue weighted by atomic mass is 10.1. The van der Waals surface area contributed by atoms with E-state index in [0.29, 0.717) is 26.4 Å². The van der Waals surface area contributed by atoms with Crippen molar-refractivity contribution in [2.45, 2.75) is 12.5 Å². The first kappa shape index (κ1) is 22.3. The number of amides is 2. The smallest absolute Gasteiger partial charge is 0.337 e. The molecule has 30 heavy (non-hydrogen) atoms. The molecular formula is C19H18N2O6S3. The molecule has 2 aliphatic heterocycles. The molecular weight excluding hydrogens is 448 g/mol. The number of aliphatic carboxylic acids is 1. The van der Waals surface area contributed by atoms with Crippen LogP contribution in [0.4, 0.5) is 0 Å². The fourth-order valence-electron chi connectivity index (χ4n) is 2.92. The Bertz CT molecular complexity index is 931. The predicted molar refractivity (Wildman–Crippen MR) is 118 cm³/mol. The standard InChI is InChI=1S/C19H18N2O6S3/c1-27-18(26)12-4-2-11(3-5-12)8-14-16(23)20(19(28)30-14)7-6-15(22)21-10-29-9-13(21)17(24)25/h2-5,8,13H,6-7,9-10H2,1H3,(H,24,25). The van der Waals surface area contributed by atoms with Gasteiger partial charge in [0.2, 0.25) is 5.91 Å². The van der Waals surface area contributed by atoms with Crippen molar-refractivity contribution in [2.75, 3.05) is 25.3 Å². The number of hydrogen-bond acceptors (Lipinski definition) is 8. The molecule has 3 rings (SSSR count). The molecule has 0 saturated carbocycles. The van der Waals surface area contributed by atoms with Gasteiger partial charge in [0, 0.05) is 18.7 Å². The Balaban J connectivity index is 1.63. The van der Waals surface area contributed by atoms with E-state index in [2.05, 4.69) is 4.74 Å². The highest BCUT2D eigenvalue weighted by Crippen LogP contribution is 2.33. The number of carbonyl (C=O) groups is 4. The summed E-state index contributed by atoms with van der Waals surface area (Å²) in [4.78, 5) is 51.0. The second kappa shape index (κ2) is 9.63. The van der Waals surface area contributed by atoms with Crippen molar-refractivity contribution < 1.29 is 29.0 Å². The number of thiocarbonyl (C=S) groups is 1. The molecule has 2 fully saturated rings. The maximum Gasteiger partial charge on any atom is 0.337 e. The van der Waals surface area contributed by atoms with Gasteiger partial charge in [-0.05, 0) is 23.8 Å². The number of hydrogen-bond donors (Lipinski definition) is 1. The highest BCUT2D eigenvalue weighted by molar-refractivity contribution is 8.26. The lowest BCUT2D eigenvalue weighted by Gasteiger charge is -2.22. The summed E-state index contributed by atoms with van der Waals surface area (Å²) in [7, 11) is 1.30. The SMILES string of the molecule is COC(=O)c1ccc(C=C2SC(=S)N(CCC(=O)N3CSCC3C(=O)O)C2=O)cc1. The minimum atomic E-state index is -1.03. The number of ether oxygens (including phenoxy) is 1. The van der Waals surface area contributed by atoms with Crippen LogP contribution in [0.25, 0.3) is 6.08 Å². The number of carboxylic acid groups (broad SMARTS) is 1. The van der Waals surface area contributed by atoms with E-state index in [4.69, 9.17) is 12.2 Å². The van der Waals surface area contributed by atoms with Crippen LogP contribution in [0.5, 0.6) is 0 Å². The molecule has 0 aromatic heterocycles. The minimum Gasteiger partial charge on any atom is -0.480 e. The average molecular weight is 467 g/mol. The van der Waals surface area contributed by atoms with Gasteiger partial charge in [0.1, 0.15) is 10.4 Å². The Morgan fingerprint density at radius 1 is 1.30 bits per heavy atom. The highest BCUT2D eigenvalue weighted by atomic mass is 32.2. The van der Waals surface area contributed by atoms with Crippen molar-refractivity contribution in [1.82, 2.24) is 9.80 Å². The van der Waals surface area contributed by atoms with Crippen molar-refractivity contribution in [3.05, 3.63) is 40.3 Å². The Labute approximate surface area is 186 Å². The molecule has 1 aromatic carbocycles. The molecule has 2 aliphatic rings. The topological polar surface area (TPSA) is 104 Å². The van der Waals surface area contributed by atoms with Gasteiger partial charge in [0.05, 0.1) is 23.5 Å². The molecule has 2 saturated heterocycles. The molecule has 1 N–H and O–H groups in total. The van der Waals surface area contributed by atoms with Crippen molar-refractivity contribution in [1.29, 1.82) is 0 Å². The third-order valence-electron chi connectivity index (χ3n) is 4.54. The van der Waals surface area contributed by atoms with Crippen LogP contribution in [-0.4, -0.2) is 74.3 Å². The van der Waals surface area contributed by atoms with Crippen molar-refractivity contribution in [3.63, 3.8) is 0 Å². The van der Waals surface area contributed by atoms with Crippen LogP contribution in [0.15, 0.2) is 29.2 Å². The molecule has 1 unspecified atom stereocenters. The van der Waals surface area contributed by atoms with Crippen LogP contribution < -0.4 is 0 Å². The first-order valence-electron chi connectivity index (χ1n) is 8.85. The summed E-state index contributed by atoms with van der Waals surface area (Å²) in [5, 5.41) is 9.20. The monoisotopic (exact) mass is 466 g/mol. The Kier molecular flexibility index (Phi) is 7.16. The number of thioether (sulfide) groups is 2. The number of esters is 1. The summed E-state index contributed by atoms with van der Waals surface area (Å²) in [6.45, 7) is 0.0929. The zero-order valence-corrected chi connectivity index (χ0v) is 18.3. The zero-order chi connectivity index (χ0) is 21.8. The number of carbonyl (C=O) groups excluding carboxylic acids is 3. The van der Waals surface area contributed by atoms with Crippen molar-refractivity contribution in [2.24, 2.45) is 0 Å². The molecule has 1 aromatic rings. The van der Waals surface area contributed by atoms with Gasteiger partial charge >= 0.3 is 11.9 Å². The molecule has 8 nitrogen and oxygen atoms in total. The zero-order valence-electron chi connectivity index (χ0n) is 15.9. The third kappa shape index (κ3) is 4.85. The summed E-state index contributed by atoms with van der Waals surface area (Å²) in [5.74, 6) is -1.40. The van der Waals surface area contributed by atoms with Gasteiger partial charge in [-0.15, -0.1) is 11.8 Å². The molecule has 0 spiro atoms. The first-order valence-corrected chi connectivity index (χ1v) is 11.2. The van der Waals surface area contributed by atoms with Crippen molar-refractivity contribution >= 4 is 69.9 Å². The Hall–Kier alpha value is -2.37. The van der Waals surface area contributed by atoms with E-state index >= 15 is 0 Å². The number of benzene rings is 1. The maximum atomic E-state index is 12.7. The van der Waals surface area contributed by atoms with E-state index < -0.39 is 18.0 Å². The molecule has 0 radical (unpaired) electrons. The fourth-order valence-corrected chi connectivity index (χ4v) is 5.40. The van der Waals surface area contributed by atoms with Crippen LogP contribution in [0, 0.1) is 0 Å². The second-order valence-electron chi connectivity index (χ2n) is 6.41. The van der Waals surface area contributed by atoms with Crippen LogP contribution in [0.1, 0.15) is 22.3 Å². The summed E-state index contributed by atoms with van der Waals surface area (Å²) >= 11 is 7.80. The third-order valence-corrected chi connectivity index (χ3v) is 6.93. The summed E-state index contributed by atoms with van der Waals surface area (Å²) in [6.07, 6.45) is 1.66. The molecule has 2 amide bonds. The van der Waals surface area contributed by atoms with E-state index in [0.717, 1.165) is 17.3 Å². The molecule has 158 valence electrons. The number of rotatable bonds is 6. The van der Waals surface area contributed by atoms with Crippen LogP contribution in [0.2, 0.25) is 0 Å². The molecule has 11 heteroatoms. The lowest BCUT2D eigenvalue weighted by Crippen LogP contribution is -2.43. The molecule has 0 aliphatic carbocycles. The minimum absolute atomic E-state index is 0.00210. The van der Waals surface area contributed by atoms with Gasteiger partial charge in [-0.1, -0.05) is 36.1 Å². The average Bonchev–Trinajstić information content (AvgIpc) is 3.32. The largest absolute Gasteiger partial charge is 0.480 e. The summed E-state index contributed by atoms with van der Waals surface area (Å²) in [6, 6.07) is 5.76. The van der Waals surface area contributed by atoms with Gasteiger partial charge in [0.25, 0.3) is 5.91 Å². The number of carboxylic acids is 1. The molecule has 1 atom stereocenters. The van der Waals surface area contributed by atoms with E-state index in [1.807, 2.05) is 0 Å². The Morgan fingerprint density at radius 3 is 2.63 bits per heavy atom. The van der Waals surface area contributed by atoms with Gasteiger partial charge < -0.3 is 14.7 Å². The van der Waals surface area contributed by atoms with Gasteiger partial charge in [-0.25, -0.2) is 9.59 Å². The second-order valence-corrected chi connectivity index (χ2v) is 9.09. The van der Waals surface area contributed by atoms with E-state index in [9.17, 15) is 24.3 Å². The van der Waals surface area contributed by atoms with Crippen LogP contribution in [0.3, 0.4) is 0 Å². The van der Waals surface area contributed by atoms with Gasteiger partial charge in [-0.3, -0.25) is 14.5 Å². The van der Waals surface area contributed by atoms with Gasteiger partial charge in [0.15, 0.2) is 0 Å². The quantitative estimate of drug-likeness (QED) is 0.383. The van der Waals surface area contributed by atoms with Crippen LogP contribution >= 0.6 is 35.7 Å². The van der Waals surface area contributed by atoms with E-state index in [-0.39, 0.29) is 24.8 Å². The predicted octanol–water partition coefficient (Wildman–Crippen LogP) is 2.05.